The SMILES string of the molecule is COc1ccc(CNC2CCN(C(I)c3ccccc3)CC2)cc1. The number of ether oxygens (including phenoxy) is 1. The van der Waals surface area contributed by atoms with Gasteiger partial charge in [-0.05, 0) is 36.1 Å². The zero-order valence-corrected chi connectivity index (χ0v) is 16.3. The van der Waals surface area contributed by atoms with Crippen LogP contribution >= 0.6 is 22.6 Å². The van der Waals surface area contributed by atoms with Gasteiger partial charge in [-0.1, -0.05) is 65.1 Å². The minimum Gasteiger partial charge on any atom is -0.497 e. The summed E-state index contributed by atoms with van der Waals surface area (Å²) in [5, 5.41) is 3.70. The minimum absolute atomic E-state index is 0.478. The molecule has 0 radical (unpaired) electrons. The van der Waals surface area contributed by atoms with E-state index in [-0.39, 0.29) is 0 Å². The molecule has 3 rings (SSSR count). The first-order valence-corrected chi connectivity index (χ1v) is 9.80. The van der Waals surface area contributed by atoms with Crippen LogP contribution in [0.15, 0.2) is 54.6 Å². The number of nitrogens with zero attached hydrogens (tertiary/aromatic N) is 1. The lowest BCUT2D eigenvalue weighted by Crippen LogP contribution is -2.42. The zero-order chi connectivity index (χ0) is 16.8. The van der Waals surface area contributed by atoms with Gasteiger partial charge in [0.2, 0.25) is 0 Å². The smallest absolute Gasteiger partial charge is 0.118 e. The summed E-state index contributed by atoms with van der Waals surface area (Å²) < 4.78 is 5.69. The van der Waals surface area contributed by atoms with Crippen molar-refractivity contribution in [1.29, 1.82) is 0 Å². The highest BCUT2D eigenvalue weighted by Gasteiger charge is 2.24. The van der Waals surface area contributed by atoms with Gasteiger partial charge in [-0.15, -0.1) is 0 Å². The number of hydrogen-bond acceptors (Lipinski definition) is 3. The Morgan fingerprint density at radius 3 is 2.38 bits per heavy atom. The fourth-order valence-electron chi connectivity index (χ4n) is 3.16. The number of alkyl halides is 1. The lowest BCUT2D eigenvalue weighted by atomic mass is 10.0. The van der Waals surface area contributed by atoms with Gasteiger partial charge < -0.3 is 10.1 Å². The van der Waals surface area contributed by atoms with Crippen molar-refractivity contribution in [2.75, 3.05) is 20.2 Å². The Bertz CT molecular complexity index is 609. The maximum Gasteiger partial charge on any atom is 0.118 e. The van der Waals surface area contributed by atoms with Crippen LogP contribution in [0.2, 0.25) is 0 Å². The Labute approximate surface area is 158 Å². The number of nitrogens with one attached hydrogen (secondary N) is 1. The molecule has 0 bridgehead atoms. The fourth-order valence-corrected chi connectivity index (χ4v) is 4.13. The van der Waals surface area contributed by atoms with Crippen molar-refractivity contribution in [3.63, 3.8) is 0 Å². The van der Waals surface area contributed by atoms with E-state index in [2.05, 4.69) is 75.3 Å². The summed E-state index contributed by atoms with van der Waals surface area (Å²) in [5.41, 5.74) is 2.72. The van der Waals surface area contributed by atoms with E-state index in [1.54, 1.807) is 7.11 Å². The second-order valence-electron chi connectivity index (χ2n) is 6.29. The molecule has 1 unspecified atom stereocenters. The van der Waals surface area contributed by atoms with E-state index in [9.17, 15) is 0 Å². The minimum atomic E-state index is 0.478. The highest BCUT2D eigenvalue weighted by atomic mass is 127. The van der Waals surface area contributed by atoms with Crippen molar-refractivity contribution in [2.24, 2.45) is 0 Å². The van der Waals surface area contributed by atoms with Crippen LogP contribution in [0, 0.1) is 0 Å². The fraction of sp³-hybridized carbons (Fsp3) is 0.400. The third kappa shape index (κ3) is 4.71. The van der Waals surface area contributed by atoms with Gasteiger partial charge in [0, 0.05) is 25.7 Å². The molecule has 0 amide bonds. The molecule has 1 saturated heterocycles. The van der Waals surface area contributed by atoms with Crippen molar-refractivity contribution in [3.05, 3.63) is 65.7 Å². The highest BCUT2D eigenvalue weighted by Crippen LogP contribution is 2.30. The second kappa shape index (κ2) is 8.83. The summed E-state index contributed by atoms with van der Waals surface area (Å²) >= 11 is 2.56. The lowest BCUT2D eigenvalue weighted by molar-refractivity contribution is 0.192. The molecule has 1 atom stereocenters. The Balaban J connectivity index is 1.45. The van der Waals surface area contributed by atoms with Crippen molar-refractivity contribution < 1.29 is 4.74 Å². The van der Waals surface area contributed by atoms with Gasteiger partial charge in [-0.25, -0.2) is 0 Å². The summed E-state index contributed by atoms with van der Waals surface area (Å²) in [7, 11) is 1.71. The molecule has 0 aromatic heterocycles. The number of methoxy groups -OCH3 is 1. The van der Waals surface area contributed by atoms with Crippen LogP contribution in [0.3, 0.4) is 0 Å². The number of rotatable bonds is 6. The zero-order valence-electron chi connectivity index (χ0n) is 14.1. The molecule has 0 spiro atoms. The maximum atomic E-state index is 5.21. The molecule has 0 saturated carbocycles. The van der Waals surface area contributed by atoms with Crippen molar-refractivity contribution in [3.8, 4) is 5.75 Å². The van der Waals surface area contributed by atoms with E-state index in [1.165, 1.54) is 24.0 Å². The van der Waals surface area contributed by atoms with Gasteiger partial charge in [0.1, 0.15) is 5.75 Å². The topological polar surface area (TPSA) is 24.5 Å². The van der Waals surface area contributed by atoms with Gasteiger partial charge in [0.25, 0.3) is 0 Å². The summed E-state index contributed by atoms with van der Waals surface area (Å²) in [6.45, 7) is 3.24. The Kier molecular flexibility index (Phi) is 6.51. The molecule has 2 aromatic rings. The van der Waals surface area contributed by atoms with Crippen LogP contribution in [-0.2, 0) is 6.54 Å². The van der Waals surface area contributed by atoms with E-state index >= 15 is 0 Å². The summed E-state index contributed by atoms with van der Waals surface area (Å²) in [6.07, 6.45) is 2.42. The van der Waals surface area contributed by atoms with E-state index in [0.29, 0.717) is 10.1 Å². The summed E-state index contributed by atoms with van der Waals surface area (Å²) in [6, 6.07) is 19.7. The highest BCUT2D eigenvalue weighted by molar-refractivity contribution is 14.1. The molecule has 1 aliphatic rings. The number of piperidine rings is 1. The molecule has 4 heteroatoms. The number of halogens is 1. The van der Waals surface area contributed by atoms with Gasteiger partial charge in [0.05, 0.1) is 11.2 Å². The molecule has 1 N–H and O–H groups in total. The van der Waals surface area contributed by atoms with Crippen molar-refractivity contribution in [1.82, 2.24) is 10.2 Å². The van der Waals surface area contributed by atoms with Crippen LogP contribution in [0.25, 0.3) is 0 Å². The quantitative estimate of drug-likeness (QED) is 0.413. The molecule has 1 heterocycles. The van der Waals surface area contributed by atoms with E-state index in [0.717, 1.165) is 25.4 Å². The molecule has 1 aliphatic heterocycles. The normalized spacial score (nSPS) is 17.6. The van der Waals surface area contributed by atoms with Gasteiger partial charge in [0.15, 0.2) is 0 Å². The average molecular weight is 436 g/mol. The summed E-state index contributed by atoms with van der Waals surface area (Å²) in [5.74, 6) is 0.918. The lowest BCUT2D eigenvalue weighted by Gasteiger charge is -2.35. The van der Waals surface area contributed by atoms with E-state index in [1.807, 2.05) is 12.1 Å². The van der Waals surface area contributed by atoms with E-state index in [4.69, 9.17) is 4.74 Å². The van der Waals surface area contributed by atoms with Crippen LogP contribution < -0.4 is 10.1 Å². The molecular formula is C20H25IN2O. The Hall–Kier alpha value is -1.11. The van der Waals surface area contributed by atoms with Crippen LogP contribution in [0.5, 0.6) is 5.75 Å². The predicted octanol–water partition coefficient (Wildman–Crippen LogP) is 4.38. The molecular weight excluding hydrogens is 411 g/mol. The summed E-state index contributed by atoms with van der Waals surface area (Å²) in [4.78, 5) is 2.58. The maximum absolute atomic E-state index is 5.21. The van der Waals surface area contributed by atoms with Crippen LogP contribution in [0.1, 0.15) is 28.0 Å². The monoisotopic (exact) mass is 436 g/mol. The van der Waals surface area contributed by atoms with Crippen molar-refractivity contribution >= 4 is 22.6 Å². The first kappa shape index (κ1) is 17.7. The Morgan fingerprint density at radius 2 is 1.75 bits per heavy atom. The largest absolute Gasteiger partial charge is 0.497 e. The number of hydrogen-bond donors (Lipinski definition) is 1. The molecule has 3 nitrogen and oxygen atoms in total. The van der Waals surface area contributed by atoms with Gasteiger partial charge in [-0.3, -0.25) is 4.90 Å². The molecule has 24 heavy (non-hydrogen) atoms. The number of likely N-dealkylation sites (tertiary alicyclic amines) is 1. The molecule has 128 valence electrons. The van der Waals surface area contributed by atoms with Crippen LogP contribution in [0.4, 0.5) is 0 Å². The second-order valence-corrected chi connectivity index (χ2v) is 7.47. The number of benzene rings is 2. The third-order valence-corrected chi connectivity index (χ3v) is 6.19. The van der Waals surface area contributed by atoms with Crippen LogP contribution in [-0.4, -0.2) is 31.1 Å². The third-order valence-electron chi connectivity index (χ3n) is 4.68. The molecule has 0 aliphatic carbocycles. The standard InChI is InChI=1S/C20H25IN2O/c1-24-19-9-7-16(8-10-19)15-22-18-11-13-23(14-12-18)20(21)17-5-3-2-4-6-17/h2-10,18,20,22H,11-15H2,1H3. The predicted molar refractivity (Wildman–Crippen MR) is 108 cm³/mol. The molecule has 1 fully saturated rings. The van der Waals surface area contributed by atoms with Gasteiger partial charge >= 0.3 is 0 Å². The first-order valence-electron chi connectivity index (χ1n) is 8.55. The Morgan fingerprint density at radius 1 is 1.08 bits per heavy atom. The first-order chi connectivity index (χ1) is 11.8. The van der Waals surface area contributed by atoms with E-state index < -0.39 is 0 Å². The van der Waals surface area contributed by atoms with Crippen molar-refractivity contribution in [2.45, 2.75) is 29.5 Å². The molecule has 2 aromatic carbocycles. The average Bonchev–Trinajstić information content (AvgIpc) is 2.67. The van der Waals surface area contributed by atoms with Gasteiger partial charge in [-0.2, -0.15) is 0 Å².